The smallest absolute Gasteiger partial charge is 0.355 e. The van der Waals surface area contributed by atoms with E-state index >= 15 is 0 Å². The lowest BCUT2D eigenvalue weighted by Crippen LogP contribution is -2.56. The highest BCUT2D eigenvalue weighted by Crippen LogP contribution is 2.41. The maximum absolute atomic E-state index is 12.8. The van der Waals surface area contributed by atoms with Crippen molar-refractivity contribution in [1.82, 2.24) is 29.6 Å². The molecular weight excluding hydrogens is 433 g/mol. The molecule has 1 spiro atoms. The molecule has 5 heterocycles. The summed E-state index contributed by atoms with van der Waals surface area (Å²) in [5.74, 6) is 0.635. The van der Waals surface area contributed by atoms with E-state index in [0.717, 1.165) is 44.2 Å². The molecule has 170 valence electrons. The summed E-state index contributed by atoms with van der Waals surface area (Å²) in [5.41, 5.74) is 0.753. The van der Waals surface area contributed by atoms with Gasteiger partial charge in [0, 0.05) is 44.3 Å². The number of likely N-dealkylation sites (tertiary alicyclic amines) is 1. The predicted octanol–water partition coefficient (Wildman–Crippen LogP) is 3.22. The Morgan fingerprint density at radius 2 is 1.84 bits per heavy atom. The highest BCUT2D eigenvalue weighted by molar-refractivity contribution is 5.71. The van der Waals surface area contributed by atoms with Gasteiger partial charge in [0.2, 0.25) is 0 Å². The lowest BCUT2D eigenvalue weighted by atomic mass is 9.79. The number of hydrogen-bond acceptors (Lipinski definition) is 6. The van der Waals surface area contributed by atoms with Gasteiger partial charge in [-0.25, -0.2) is 23.4 Å². The molecule has 2 aliphatic rings. The molecule has 0 aliphatic carbocycles. The third-order valence-electron chi connectivity index (χ3n) is 6.05. The number of pyridine rings is 1. The minimum Gasteiger partial charge on any atom is -0.355 e. The van der Waals surface area contributed by atoms with Crippen LogP contribution in [-0.4, -0.2) is 62.2 Å². The average molecular weight is 453 g/mol. The van der Waals surface area contributed by atoms with Crippen LogP contribution in [0.2, 0.25) is 0 Å². The van der Waals surface area contributed by atoms with E-state index in [1.807, 2.05) is 0 Å². The number of rotatable bonds is 5. The van der Waals surface area contributed by atoms with E-state index in [-0.39, 0.29) is 5.41 Å². The maximum Gasteiger partial charge on any atom is 0.433 e. The fourth-order valence-electron chi connectivity index (χ4n) is 4.60. The molecule has 0 saturated carbocycles. The van der Waals surface area contributed by atoms with E-state index in [4.69, 9.17) is 0 Å². The zero-order valence-electron chi connectivity index (χ0n) is 16.9. The number of halogens is 5. The quantitative estimate of drug-likeness (QED) is 0.553. The van der Waals surface area contributed by atoms with Gasteiger partial charge in [0.25, 0.3) is 6.43 Å². The number of nitrogens with zero attached hydrogens (tertiary/aromatic N) is 7. The predicted molar refractivity (Wildman–Crippen MR) is 105 cm³/mol. The van der Waals surface area contributed by atoms with Crippen molar-refractivity contribution in [3.63, 3.8) is 0 Å². The summed E-state index contributed by atoms with van der Waals surface area (Å²) in [4.78, 5) is 16.6. The highest BCUT2D eigenvalue weighted by Gasteiger charge is 2.47. The van der Waals surface area contributed by atoms with Crippen LogP contribution in [-0.2, 0) is 19.3 Å². The van der Waals surface area contributed by atoms with Crippen LogP contribution in [0.15, 0.2) is 30.7 Å². The summed E-state index contributed by atoms with van der Waals surface area (Å²) >= 11 is 0. The van der Waals surface area contributed by atoms with Crippen molar-refractivity contribution in [2.24, 2.45) is 5.41 Å². The van der Waals surface area contributed by atoms with Gasteiger partial charge in [-0.2, -0.15) is 18.3 Å². The van der Waals surface area contributed by atoms with Crippen LogP contribution in [0.25, 0.3) is 11.2 Å². The molecule has 0 atom stereocenters. The summed E-state index contributed by atoms with van der Waals surface area (Å²) in [6, 6.07) is 2.48. The maximum atomic E-state index is 12.8. The van der Waals surface area contributed by atoms with Crippen molar-refractivity contribution in [3.05, 3.63) is 42.0 Å². The normalized spacial score (nSPS) is 18.8. The minimum atomic E-state index is -4.43. The second-order valence-corrected chi connectivity index (χ2v) is 8.52. The molecule has 0 N–H and O–H groups in total. The van der Waals surface area contributed by atoms with Crippen LogP contribution in [0.1, 0.15) is 17.7 Å². The Kier molecular flexibility index (Phi) is 4.99. The second-order valence-electron chi connectivity index (χ2n) is 8.52. The summed E-state index contributed by atoms with van der Waals surface area (Å²) in [6.07, 6.45) is -1.66. The summed E-state index contributed by atoms with van der Waals surface area (Å²) in [5, 5.41) is 3.95. The molecule has 0 amide bonds. The molecule has 0 aromatic carbocycles. The van der Waals surface area contributed by atoms with Crippen LogP contribution in [0.4, 0.5) is 27.8 Å². The first-order chi connectivity index (χ1) is 15.2. The molecule has 32 heavy (non-hydrogen) atoms. The van der Waals surface area contributed by atoms with Crippen molar-refractivity contribution < 1.29 is 22.0 Å². The van der Waals surface area contributed by atoms with E-state index in [1.165, 1.54) is 23.1 Å². The Morgan fingerprint density at radius 3 is 2.53 bits per heavy atom. The summed E-state index contributed by atoms with van der Waals surface area (Å²) in [6.45, 7) is 3.20. The first-order valence-corrected chi connectivity index (χ1v) is 10.2. The number of alkyl halides is 5. The van der Waals surface area contributed by atoms with Crippen LogP contribution in [0.3, 0.4) is 0 Å². The fourth-order valence-corrected chi connectivity index (χ4v) is 4.60. The number of fused-ring (bicyclic) bond motifs is 1. The van der Waals surface area contributed by atoms with Crippen molar-refractivity contribution in [2.75, 3.05) is 31.1 Å². The first-order valence-electron chi connectivity index (χ1n) is 10.2. The molecule has 3 aromatic rings. The van der Waals surface area contributed by atoms with E-state index in [2.05, 4.69) is 29.9 Å². The molecule has 0 unspecified atom stereocenters. The molecule has 3 aromatic heterocycles. The van der Waals surface area contributed by atoms with Gasteiger partial charge >= 0.3 is 6.18 Å². The van der Waals surface area contributed by atoms with Crippen molar-refractivity contribution >= 4 is 17.0 Å². The minimum absolute atomic E-state index is 0.0825. The largest absolute Gasteiger partial charge is 0.433 e. The third kappa shape index (κ3) is 3.98. The SMILES string of the molecule is FC(F)Cn1ncc2ncc(N3CCC4(CN(Cc5ccc(C(F)(F)F)nc5)C4)C3)nc21. The average Bonchev–Trinajstić information content (AvgIpc) is 3.32. The number of hydrogen-bond donors (Lipinski definition) is 0. The fraction of sp³-hybridized carbons (Fsp3) is 0.500. The van der Waals surface area contributed by atoms with Crippen LogP contribution in [0.5, 0.6) is 0 Å². The van der Waals surface area contributed by atoms with Gasteiger partial charge < -0.3 is 4.90 Å². The first kappa shape index (κ1) is 21.0. The van der Waals surface area contributed by atoms with Crippen molar-refractivity contribution in [2.45, 2.75) is 32.1 Å². The Balaban J connectivity index is 1.21. The van der Waals surface area contributed by atoms with Gasteiger partial charge in [0.05, 0.1) is 12.4 Å². The molecule has 2 aliphatic heterocycles. The zero-order valence-corrected chi connectivity index (χ0v) is 16.9. The van der Waals surface area contributed by atoms with Crippen molar-refractivity contribution in [1.29, 1.82) is 0 Å². The van der Waals surface area contributed by atoms with E-state index in [1.54, 1.807) is 6.20 Å². The molecule has 0 bridgehead atoms. The lowest BCUT2D eigenvalue weighted by Gasteiger charge is -2.48. The van der Waals surface area contributed by atoms with E-state index < -0.39 is 24.8 Å². The van der Waals surface area contributed by atoms with Gasteiger partial charge in [-0.15, -0.1) is 0 Å². The molecule has 5 rings (SSSR count). The Hall–Kier alpha value is -2.89. The summed E-state index contributed by atoms with van der Waals surface area (Å²) in [7, 11) is 0. The van der Waals surface area contributed by atoms with Gasteiger partial charge in [-0.1, -0.05) is 6.07 Å². The molecular formula is C20H20F5N7. The van der Waals surface area contributed by atoms with E-state index in [0.29, 0.717) is 23.5 Å². The molecule has 7 nitrogen and oxygen atoms in total. The van der Waals surface area contributed by atoms with Crippen LogP contribution in [0, 0.1) is 5.41 Å². The number of aromatic nitrogens is 5. The van der Waals surface area contributed by atoms with Gasteiger partial charge in [0.1, 0.15) is 23.6 Å². The van der Waals surface area contributed by atoms with Gasteiger partial charge in [0.15, 0.2) is 5.65 Å². The van der Waals surface area contributed by atoms with Crippen molar-refractivity contribution in [3.8, 4) is 0 Å². The van der Waals surface area contributed by atoms with Gasteiger partial charge in [-0.3, -0.25) is 9.88 Å². The molecule has 12 heteroatoms. The van der Waals surface area contributed by atoms with Gasteiger partial charge in [-0.05, 0) is 18.1 Å². The van der Waals surface area contributed by atoms with Crippen LogP contribution >= 0.6 is 0 Å². The monoisotopic (exact) mass is 453 g/mol. The van der Waals surface area contributed by atoms with Crippen LogP contribution < -0.4 is 4.90 Å². The highest BCUT2D eigenvalue weighted by atomic mass is 19.4. The Bertz CT molecular complexity index is 1110. The van der Waals surface area contributed by atoms with E-state index in [9.17, 15) is 22.0 Å². The Morgan fingerprint density at radius 1 is 1.03 bits per heavy atom. The summed E-state index contributed by atoms with van der Waals surface area (Å²) < 4.78 is 64.7. The zero-order chi connectivity index (χ0) is 22.5. The second kappa shape index (κ2) is 7.61. The standard InChI is InChI=1S/C20H20F5N7/c21-16(22)9-32-18-14(6-28-32)26-7-17(29-18)31-4-3-19(12-31)10-30(11-19)8-13-1-2-15(27-5-13)20(23,24)25/h1-2,5-7,16H,3-4,8-12H2. The topological polar surface area (TPSA) is 63.0 Å². The molecule has 0 radical (unpaired) electrons. The third-order valence-corrected chi connectivity index (χ3v) is 6.05. The lowest BCUT2D eigenvalue weighted by molar-refractivity contribution is -0.141. The molecule has 2 saturated heterocycles. The Labute approximate surface area is 179 Å². The molecule has 2 fully saturated rings. The number of anilines is 1.